The number of hydrogen-bond acceptors (Lipinski definition) is 2. The molecule has 1 aliphatic carbocycles. The first-order valence-corrected chi connectivity index (χ1v) is 5.93. The van der Waals surface area contributed by atoms with E-state index in [1.54, 1.807) is 4.88 Å². The molecule has 0 aromatic carbocycles. The molecular formula is C12H15NS. The summed E-state index contributed by atoms with van der Waals surface area (Å²) in [6.45, 7) is 0. The van der Waals surface area contributed by atoms with Crippen molar-refractivity contribution in [2.24, 2.45) is 5.73 Å². The first-order chi connectivity index (χ1) is 6.81. The molecule has 14 heavy (non-hydrogen) atoms. The van der Waals surface area contributed by atoms with Crippen LogP contribution in [0.5, 0.6) is 0 Å². The summed E-state index contributed by atoms with van der Waals surface area (Å²) in [5.41, 5.74) is 7.59. The summed E-state index contributed by atoms with van der Waals surface area (Å²) in [5.74, 6) is 2.64. The lowest BCUT2D eigenvalue weighted by atomic mass is 10.1. The smallest absolute Gasteiger partial charge is 0.0399 e. The van der Waals surface area contributed by atoms with E-state index in [0.717, 1.165) is 12.8 Å². The third kappa shape index (κ3) is 1.84. The van der Waals surface area contributed by atoms with Gasteiger partial charge in [0.2, 0.25) is 0 Å². The highest BCUT2D eigenvalue weighted by Gasteiger charge is 2.17. The number of rotatable bonds is 3. The van der Waals surface area contributed by atoms with Crippen molar-refractivity contribution in [2.45, 2.75) is 38.1 Å². The molecule has 1 unspecified atom stereocenters. The number of nitrogens with two attached hydrogens (primary N) is 1. The number of hydrogen-bond donors (Lipinski definition) is 1. The van der Waals surface area contributed by atoms with Crippen molar-refractivity contribution in [1.82, 2.24) is 0 Å². The number of terminal acetylenes is 1. The van der Waals surface area contributed by atoms with E-state index >= 15 is 0 Å². The zero-order valence-electron chi connectivity index (χ0n) is 8.25. The summed E-state index contributed by atoms with van der Waals surface area (Å²) in [6, 6.07) is 2.44. The molecule has 0 bridgehead atoms. The monoisotopic (exact) mass is 205 g/mol. The Bertz CT molecular complexity index is 337. The van der Waals surface area contributed by atoms with Crippen LogP contribution in [0.3, 0.4) is 0 Å². The van der Waals surface area contributed by atoms with E-state index in [9.17, 15) is 0 Å². The molecule has 0 fully saturated rings. The molecule has 0 spiro atoms. The maximum atomic E-state index is 6.06. The average molecular weight is 205 g/mol. The Labute approximate surface area is 89.3 Å². The first kappa shape index (κ1) is 9.76. The normalized spacial score (nSPS) is 16.3. The molecule has 1 aliphatic rings. The van der Waals surface area contributed by atoms with E-state index in [1.165, 1.54) is 29.7 Å². The molecule has 1 aromatic heterocycles. The van der Waals surface area contributed by atoms with Crippen molar-refractivity contribution >= 4 is 11.3 Å². The Kier molecular flexibility index (Phi) is 2.90. The van der Waals surface area contributed by atoms with Crippen LogP contribution in [0.1, 0.15) is 40.6 Å². The minimum absolute atomic E-state index is 0.154. The van der Waals surface area contributed by atoms with Crippen LogP contribution in [0, 0.1) is 12.3 Å². The molecule has 0 aliphatic heterocycles. The predicted molar refractivity (Wildman–Crippen MR) is 61.3 cm³/mol. The maximum Gasteiger partial charge on any atom is 0.0399 e. The van der Waals surface area contributed by atoms with Crippen LogP contribution in [0.15, 0.2) is 6.07 Å². The van der Waals surface area contributed by atoms with Crippen LogP contribution < -0.4 is 5.73 Å². The highest BCUT2D eigenvalue weighted by Crippen LogP contribution is 2.34. The van der Waals surface area contributed by atoms with Gasteiger partial charge in [0.1, 0.15) is 0 Å². The van der Waals surface area contributed by atoms with Gasteiger partial charge < -0.3 is 5.73 Å². The lowest BCUT2D eigenvalue weighted by molar-refractivity contribution is 0.679. The molecule has 0 saturated carbocycles. The molecule has 2 heteroatoms. The van der Waals surface area contributed by atoms with E-state index in [0.29, 0.717) is 0 Å². The molecular weight excluding hydrogens is 190 g/mol. The summed E-state index contributed by atoms with van der Waals surface area (Å²) in [7, 11) is 0. The largest absolute Gasteiger partial charge is 0.323 e. The molecule has 0 radical (unpaired) electrons. The summed E-state index contributed by atoms with van der Waals surface area (Å²) in [6.07, 6.45) is 10.7. The van der Waals surface area contributed by atoms with Crippen molar-refractivity contribution < 1.29 is 0 Å². The van der Waals surface area contributed by atoms with Crippen LogP contribution in [0.25, 0.3) is 0 Å². The first-order valence-electron chi connectivity index (χ1n) is 5.12. The van der Waals surface area contributed by atoms with Gasteiger partial charge in [0, 0.05) is 22.2 Å². The van der Waals surface area contributed by atoms with Crippen molar-refractivity contribution in [3.63, 3.8) is 0 Å². The van der Waals surface area contributed by atoms with Gasteiger partial charge in [-0.05, 0) is 37.3 Å². The fraction of sp³-hybridized carbons (Fsp3) is 0.500. The Morgan fingerprint density at radius 3 is 3.14 bits per heavy atom. The van der Waals surface area contributed by atoms with Gasteiger partial charge in [-0.2, -0.15) is 0 Å². The molecule has 1 atom stereocenters. The van der Waals surface area contributed by atoms with Crippen LogP contribution in [-0.4, -0.2) is 0 Å². The molecule has 1 aromatic rings. The Morgan fingerprint density at radius 2 is 2.43 bits per heavy atom. The molecule has 2 rings (SSSR count). The predicted octanol–water partition coefficient (Wildman–Crippen LogP) is 2.65. The lowest BCUT2D eigenvalue weighted by Gasteiger charge is -2.06. The van der Waals surface area contributed by atoms with E-state index in [-0.39, 0.29) is 6.04 Å². The third-order valence-electron chi connectivity index (χ3n) is 2.73. The van der Waals surface area contributed by atoms with Gasteiger partial charge in [-0.15, -0.1) is 23.7 Å². The Hall–Kier alpha value is -0.780. The second-order valence-corrected chi connectivity index (χ2v) is 4.97. The fourth-order valence-corrected chi connectivity index (χ4v) is 3.21. The maximum absolute atomic E-state index is 6.06. The average Bonchev–Trinajstić information content (AvgIpc) is 2.72. The van der Waals surface area contributed by atoms with Gasteiger partial charge in [0.25, 0.3) is 0 Å². The molecule has 1 heterocycles. The zero-order chi connectivity index (χ0) is 9.97. The van der Waals surface area contributed by atoms with Crippen LogP contribution in [0.4, 0.5) is 0 Å². The standard InChI is InChI=1S/C12H15NS/c1-2-3-6-10(13)12-8-9-5-4-7-11(9)14-12/h1,8,10H,3-7,13H2. The fourth-order valence-electron chi connectivity index (χ4n) is 1.92. The lowest BCUT2D eigenvalue weighted by Crippen LogP contribution is -2.07. The summed E-state index contributed by atoms with van der Waals surface area (Å²) < 4.78 is 0. The molecule has 0 saturated heterocycles. The highest BCUT2D eigenvalue weighted by atomic mass is 32.1. The van der Waals surface area contributed by atoms with Crippen molar-refractivity contribution in [3.05, 3.63) is 21.4 Å². The van der Waals surface area contributed by atoms with E-state index < -0.39 is 0 Å². The van der Waals surface area contributed by atoms with Crippen molar-refractivity contribution in [1.29, 1.82) is 0 Å². The SMILES string of the molecule is C#CCCC(N)c1cc2c(s1)CCC2. The number of fused-ring (bicyclic) bond motifs is 1. The highest BCUT2D eigenvalue weighted by molar-refractivity contribution is 7.12. The molecule has 2 N–H and O–H groups in total. The van der Waals surface area contributed by atoms with E-state index in [1.807, 2.05) is 11.3 Å². The van der Waals surface area contributed by atoms with Crippen molar-refractivity contribution in [3.8, 4) is 12.3 Å². The number of thiophene rings is 1. The van der Waals surface area contributed by atoms with E-state index in [2.05, 4.69) is 12.0 Å². The molecule has 0 amide bonds. The van der Waals surface area contributed by atoms with Gasteiger partial charge in [-0.3, -0.25) is 0 Å². The van der Waals surface area contributed by atoms with Crippen LogP contribution in [-0.2, 0) is 12.8 Å². The van der Waals surface area contributed by atoms with Gasteiger partial charge in [-0.1, -0.05) is 0 Å². The van der Waals surface area contributed by atoms with Gasteiger partial charge in [0.15, 0.2) is 0 Å². The minimum atomic E-state index is 0.154. The summed E-state index contributed by atoms with van der Waals surface area (Å²) in [4.78, 5) is 2.88. The summed E-state index contributed by atoms with van der Waals surface area (Å²) >= 11 is 1.89. The van der Waals surface area contributed by atoms with Gasteiger partial charge in [0.05, 0.1) is 0 Å². The van der Waals surface area contributed by atoms with E-state index in [4.69, 9.17) is 12.2 Å². The Balaban J connectivity index is 2.06. The van der Waals surface area contributed by atoms with Gasteiger partial charge in [-0.25, -0.2) is 0 Å². The molecule has 1 nitrogen and oxygen atoms in total. The Morgan fingerprint density at radius 1 is 1.57 bits per heavy atom. The second kappa shape index (κ2) is 4.16. The van der Waals surface area contributed by atoms with Crippen LogP contribution >= 0.6 is 11.3 Å². The summed E-state index contributed by atoms with van der Waals surface area (Å²) in [5, 5.41) is 0. The topological polar surface area (TPSA) is 26.0 Å². The second-order valence-electron chi connectivity index (χ2n) is 3.80. The van der Waals surface area contributed by atoms with Gasteiger partial charge >= 0.3 is 0 Å². The quantitative estimate of drug-likeness (QED) is 0.754. The number of aryl methyl sites for hydroxylation is 2. The molecule has 74 valence electrons. The van der Waals surface area contributed by atoms with Crippen LogP contribution in [0.2, 0.25) is 0 Å². The van der Waals surface area contributed by atoms with Crippen molar-refractivity contribution in [2.75, 3.05) is 0 Å². The minimum Gasteiger partial charge on any atom is -0.323 e. The third-order valence-corrected chi connectivity index (χ3v) is 4.10. The zero-order valence-corrected chi connectivity index (χ0v) is 9.07.